The highest BCUT2D eigenvalue weighted by Gasteiger charge is 2.58. The maximum atomic E-state index is 12.4. The van der Waals surface area contributed by atoms with Crippen LogP contribution in [0.4, 0.5) is 0 Å². The molecule has 0 amide bonds. The fourth-order valence-electron chi connectivity index (χ4n) is 13.1. The zero-order chi connectivity index (χ0) is 88.9. The summed E-state index contributed by atoms with van der Waals surface area (Å²) in [5, 5.41) is 59.5. The normalized spacial score (nSPS) is 40.8. The van der Waals surface area contributed by atoms with Crippen molar-refractivity contribution in [2.45, 2.75) is 220 Å². The summed E-state index contributed by atoms with van der Waals surface area (Å²) in [6.07, 6.45) is -52.9. The van der Waals surface area contributed by atoms with Gasteiger partial charge >= 0.3 is 20.8 Å². The van der Waals surface area contributed by atoms with Gasteiger partial charge in [0.25, 0.3) is 0 Å². The molecule has 0 aliphatic carbocycles. The Morgan fingerprint density at radius 3 is 1.12 bits per heavy atom. The Morgan fingerprint density at radius 1 is 0.342 bits per heavy atom. The van der Waals surface area contributed by atoms with Gasteiger partial charge in [0.1, 0.15) is 140 Å². The maximum absolute atomic E-state index is 12.4. The zero-order valence-corrected chi connectivity index (χ0v) is 70.1. The van der Waals surface area contributed by atoms with E-state index in [0.717, 1.165) is 34.6 Å². The Balaban J connectivity index is 1.37. The third-order valence-corrected chi connectivity index (χ3v) is 21.5. The van der Waals surface area contributed by atoms with E-state index in [4.69, 9.17) is 110 Å². The SMILES string of the molecule is CC1[CH][C@H](CO[C@@H]2OC(C)[C@@H](OOS(=O)[O-])[C@H](CO[C@@H]3OC(C)[C@@H](OOS(=O)[O-])[C@H](OS(=O)(=O)O)C3OOS(=O)[O-])C2CO[C@@H]2OC(C)[C@@H](OOS(=O)[O-])[C@H](CO[C@@H]3OC(C)[C@@H](OOS(=O)[O-])[C@H](CO[C@@H]4OC(C)[C@@H](SOOOO)[C@H](O)C4OOS(=O)[O-])C3OOS(=O)[O-])C2CO[C@@H]2OC(C)[C@@H](O)[C@H](OS(=O)(=O)O)C2O)C(OOS(=O)[O-])C(O)O1. The van der Waals surface area contributed by atoms with Gasteiger partial charge in [-0.3, -0.25) is 9.11 Å². The van der Waals surface area contributed by atoms with E-state index in [1.165, 1.54) is 20.3 Å². The van der Waals surface area contributed by atoms with Gasteiger partial charge in [0.05, 0.1) is 87.6 Å². The molecule has 7 N–H and O–H groups in total. The summed E-state index contributed by atoms with van der Waals surface area (Å²) in [6.45, 7) is 1.63. The summed E-state index contributed by atoms with van der Waals surface area (Å²) >= 11 is -28.7. The van der Waals surface area contributed by atoms with Crippen molar-refractivity contribution in [2.24, 2.45) is 35.5 Å². The van der Waals surface area contributed by atoms with E-state index in [1.54, 1.807) is 0 Å². The Bertz CT molecular complexity index is 3540. The van der Waals surface area contributed by atoms with E-state index in [1.807, 2.05) is 0 Å². The van der Waals surface area contributed by atoms with Crippen LogP contribution in [0.15, 0.2) is 0 Å². The minimum atomic E-state index is -5.80. The lowest BCUT2D eigenvalue weighted by Gasteiger charge is -2.49. The first-order chi connectivity index (χ1) is 56.4. The molecule has 7 saturated heterocycles. The molecule has 7 fully saturated rings. The van der Waals surface area contributed by atoms with E-state index >= 15 is 0 Å². The van der Waals surface area contributed by atoms with Gasteiger partial charge in [0.15, 0.2) is 74.6 Å². The van der Waals surface area contributed by atoms with Gasteiger partial charge < -0.3 is 118 Å². The van der Waals surface area contributed by atoms with Crippen molar-refractivity contribution >= 4 is 124 Å². The quantitative estimate of drug-likeness (QED) is 0.00743. The molecule has 7 rings (SSSR count). The van der Waals surface area contributed by atoms with Crippen molar-refractivity contribution in [2.75, 3.05) is 39.6 Å². The first-order valence-electron chi connectivity index (χ1n) is 33.3. The van der Waals surface area contributed by atoms with Gasteiger partial charge in [0, 0.05) is 47.6 Å². The molecule has 0 saturated carbocycles. The summed E-state index contributed by atoms with van der Waals surface area (Å²) < 4.78 is 387. The van der Waals surface area contributed by atoms with Crippen molar-refractivity contribution in [3.8, 4) is 0 Å². The molecular formula is C48H75O61S11-8. The van der Waals surface area contributed by atoms with E-state index in [0.29, 0.717) is 0 Å². The Hall–Kier alpha value is -0.510. The molecule has 42 atom stereocenters. The number of aliphatic hydroxyl groups is 4. The fourth-order valence-corrected chi connectivity index (χ4v) is 16.0. The Kier molecular flexibility index (Phi) is 45.1. The highest BCUT2D eigenvalue weighted by Crippen LogP contribution is 2.44. The second kappa shape index (κ2) is 50.8. The number of aliphatic hydroxyl groups excluding tert-OH is 4. The number of hydrogen-bond acceptors (Lipinski definition) is 60. The summed E-state index contributed by atoms with van der Waals surface area (Å²) in [5.74, 6) is -10.6. The smallest absolute Gasteiger partial charge is 0.397 e. The molecule has 120 heavy (non-hydrogen) atoms. The number of hydrogen-bond donors (Lipinski definition) is 7. The lowest BCUT2D eigenvalue weighted by molar-refractivity contribution is -0.591. The molecule has 1 radical (unpaired) electrons. The fraction of sp³-hybridized carbons (Fsp3) is 0.979. The third-order valence-electron chi connectivity index (χ3n) is 18.1. The monoisotopic (exact) mass is 1980 g/mol. The average molecular weight is 1980 g/mol. The summed E-state index contributed by atoms with van der Waals surface area (Å²) in [4.78, 5) is 40.8. The molecule has 61 nitrogen and oxygen atoms in total. The Labute approximate surface area is 701 Å². The van der Waals surface area contributed by atoms with Crippen molar-refractivity contribution in [3.05, 3.63) is 6.42 Å². The molecule has 7 aliphatic heterocycles. The van der Waals surface area contributed by atoms with Gasteiger partial charge in [-0.05, 0) is 65.0 Å². The average Bonchev–Trinajstić information content (AvgIpc) is 0.776. The standard InChI is InChI=1S/C48H83O61S11/c1-15-8-22(35(42(52)82-15)93-106-115(62)63)9-76-43-25(24(31(17(3)84-43)89-102-111(54)55)11-80-48-40(96-109-118(68)69)39(98-120(73,74)75)34(20(6)87-48)92-105-114(60)61)12-77-44-26(13-78-45-30(51)37(97-119(70,71)72)28(49)16(2)83-45)23(32(18(4)85-44)90-103-112(56)57)10-79-46-36(94-107-116(64)65)27(33(19(5)86-46)91-104-113(58)59)14-81-47-38(95-108-117(66)67)29(50)41(21(7)88-47)110-101-100-99-53/h8,15-53H,9-14H2,1-7H3,(H,54,55)(H,56,57)(H,58,59)(H,60,61)(H,62,63)(H,64,65)(H,66,67)(H,68,69)(H,70,71,72)(H,73,74,75)/p-8/t15?,16?,17?,18?,19?,20?,21?,22-,23-,24-,25?,26?,27+,28-,29-,30?,31-,32-,33-,34-,35?,36?,37+,38?,39+,40?,41-,42?,43-,44-,45-,46-,47-,48-/m1/s1. The predicted molar refractivity (Wildman–Crippen MR) is 351 cm³/mol. The molecule has 72 heteroatoms. The van der Waals surface area contributed by atoms with E-state index in [-0.39, 0.29) is 12.0 Å². The van der Waals surface area contributed by atoms with Crippen molar-refractivity contribution in [1.29, 1.82) is 0 Å². The lowest BCUT2D eigenvalue weighted by Crippen LogP contribution is -2.62. The van der Waals surface area contributed by atoms with Crippen LogP contribution >= 0.6 is 12.0 Å². The summed E-state index contributed by atoms with van der Waals surface area (Å²) in [5.41, 5.74) is 0. The molecule has 0 bridgehead atoms. The van der Waals surface area contributed by atoms with E-state index in [2.05, 4.69) is 53.3 Å². The molecular weight excluding hydrogens is 1910 g/mol. The van der Waals surface area contributed by atoms with Crippen LogP contribution in [0.25, 0.3) is 0 Å². The molecule has 7 heterocycles. The maximum Gasteiger partial charge on any atom is 0.397 e. The van der Waals surface area contributed by atoms with Gasteiger partial charge in [-0.25, -0.2) is 86.4 Å². The third kappa shape index (κ3) is 32.8. The number of rotatable bonds is 50. The summed E-state index contributed by atoms with van der Waals surface area (Å²) in [6, 6.07) is 0. The van der Waals surface area contributed by atoms with Gasteiger partial charge in [-0.15, -0.1) is 39.0 Å². The van der Waals surface area contributed by atoms with Gasteiger partial charge in [0.2, 0.25) is 0 Å². The van der Waals surface area contributed by atoms with E-state index in [9.17, 15) is 116 Å². The minimum absolute atomic E-state index is 0.192. The van der Waals surface area contributed by atoms with Crippen LogP contribution in [-0.4, -0.2) is 333 Å². The first kappa shape index (κ1) is 107. The molecule has 0 aromatic rings. The molecule has 7 aliphatic rings. The Morgan fingerprint density at radius 2 is 0.667 bits per heavy atom. The van der Waals surface area contributed by atoms with Crippen LogP contribution in [0.3, 0.4) is 0 Å². The van der Waals surface area contributed by atoms with Crippen LogP contribution in [0.5, 0.6) is 0 Å². The van der Waals surface area contributed by atoms with Crippen LogP contribution in [0, 0.1) is 41.9 Å². The molecule has 23 unspecified atom stereocenters. The summed E-state index contributed by atoms with van der Waals surface area (Å²) in [7, 11) is -11.4. The predicted octanol–water partition coefficient (Wildman–Crippen LogP) is -8.09. The van der Waals surface area contributed by atoms with Gasteiger partial charge in [-0.1, -0.05) is 0 Å². The highest BCUT2D eigenvalue weighted by molar-refractivity contribution is 7.95. The lowest BCUT2D eigenvalue weighted by atomic mass is 9.82. The van der Waals surface area contributed by atoms with E-state index < -0.39 is 358 Å². The first-order valence-corrected chi connectivity index (χ1v) is 44.8. The van der Waals surface area contributed by atoms with Gasteiger partial charge in [-0.2, -0.15) is 16.8 Å². The second-order valence-electron chi connectivity index (χ2n) is 25.5. The minimum Gasteiger partial charge on any atom is -0.748 e. The molecule has 0 aromatic carbocycles. The molecule has 0 spiro atoms. The van der Waals surface area contributed by atoms with Crippen molar-refractivity contribution < 1.29 is 280 Å². The molecule has 0 aromatic heterocycles. The van der Waals surface area contributed by atoms with Crippen LogP contribution in [0.2, 0.25) is 0 Å². The van der Waals surface area contributed by atoms with Crippen LogP contribution in [-0.2, 0) is 270 Å². The van der Waals surface area contributed by atoms with Crippen LogP contribution < -0.4 is 0 Å². The topological polar surface area (TPSA) is 845 Å². The number of ether oxygens (including phenoxy) is 13. The zero-order valence-electron chi connectivity index (χ0n) is 61.1. The largest absolute Gasteiger partial charge is 0.748 e. The second-order valence-corrected chi connectivity index (χ2v) is 32.9. The van der Waals surface area contributed by atoms with Crippen LogP contribution in [0.1, 0.15) is 48.5 Å². The van der Waals surface area contributed by atoms with Crippen molar-refractivity contribution in [1.82, 2.24) is 0 Å². The highest BCUT2D eigenvalue weighted by atomic mass is 32.3. The van der Waals surface area contributed by atoms with Crippen molar-refractivity contribution in [3.63, 3.8) is 0 Å². The molecule has 707 valence electrons.